The topological polar surface area (TPSA) is 82.4 Å². The zero-order chi connectivity index (χ0) is 14.0. The van der Waals surface area contributed by atoms with Crippen LogP contribution in [0.2, 0.25) is 0 Å². The lowest BCUT2D eigenvalue weighted by Gasteiger charge is -2.30. The number of benzene rings is 1. The molecule has 1 aromatic rings. The summed E-state index contributed by atoms with van der Waals surface area (Å²) in [6.07, 6.45) is -0.532. The summed E-state index contributed by atoms with van der Waals surface area (Å²) in [6.45, 7) is 1.62. The highest BCUT2D eigenvalue weighted by Crippen LogP contribution is 2.33. The van der Waals surface area contributed by atoms with Gasteiger partial charge in [0, 0.05) is 12.6 Å². The first-order valence-electron chi connectivity index (χ1n) is 5.78. The molecule has 6 nitrogen and oxygen atoms in total. The summed E-state index contributed by atoms with van der Waals surface area (Å²) in [7, 11) is 1.64. The highest BCUT2D eigenvalue weighted by Gasteiger charge is 2.29. The third-order valence-electron chi connectivity index (χ3n) is 2.89. The number of hydrogen-bond acceptors (Lipinski definition) is 4. The van der Waals surface area contributed by atoms with Crippen molar-refractivity contribution in [2.24, 2.45) is 0 Å². The van der Waals surface area contributed by atoms with Gasteiger partial charge in [0.1, 0.15) is 12.3 Å². The number of rotatable bonds is 2. The molecule has 0 aliphatic carbocycles. The van der Waals surface area contributed by atoms with Gasteiger partial charge in [-0.1, -0.05) is 0 Å². The minimum absolute atomic E-state index is 0.0573. The van der Waals surface area contributed by atoms with Gasteiger partial charge in [0.05, 0.1) is 11.8 Å². The van der Waals surface area contributed by atoms with E-state index in [1.165, 1.54) is 4.90 Å². The second-order valence-corrected chi connectivity index (χ2v) is 4.18. The van der Waals surface area contributed by atoms with Crippen molar-refractivity contribution in [3.05, 3.63) is 23.8 Å². The molecule has 0 saturated heterocycles. The van der Waals surface area contributed by atoms with Gasteiger partial charge >= 0.3 is 0 Å². The summed E-state index contributed by atoms with van der Waals surface area (Å²) in [4.78, 5) is 25.0. The fourth-order valence-corrected chi connectivity index (χ4v) is 1.87. The van der Waals surface area contributed by atoms with Crippen molar-refractivity contribution in [2.75, 3.05) is 18.5 Å². The number of amides is 2. The molecule has 0 aromatic heterocycles. The van der Waals surface area contributed by atoms with Gasteiger partial charge in [0.2, 0.25) is 0 Å². The highest BCUT2D eigenvalue weighted by atomic mass is 16.5. The van der Waals surface area contributed by atoms with Crippen molar-refractivity contribution < 1.29 is 14.3 Å². The molecule has 1 unspecified atom stereocenters. The first kappa shape index (κ1) is 12.9. The second-order valence-electron chi connectivity index (χ2n) is 4.18. The zero-order valence-corrected chi connectivity index (χ0v) is 10.6. The molecule has 1 N–H and O–H groups in total. The molecular formula is C13H13N3O3. The first-order valence-corrected chi connectivity index (χ1v) is 5.78. The van der Waals surface area contributed by atoms with E-state index in [1.807, 2.05) is 6.07 Å². The van der Waals surface area contributed by atoms with Crippen molar-refractivity contribution in [3.8, 4) is 11.8 Å². The van der Waals surface area contributed by atoms with Crippen LogP contribution in [0, 0.1) is 11.3 Å². The Hall–Kier alpha value is -2.55. The van der Waals surface area contributed by atoms with Crippen LogP contribution >= 0.6 is 0 Å². The van der Waals surface area contributed by atoms with Gasteiger partial charge in [-0.25, -0.2) is 0 Å². The Morgan fingerprint density at radius 3 is 3.00 bits per heavy atom. The molecule has 0 radical (unpaired) electrons. The van der Waals surface area contributed by atoms with Crippen LogP contribution < -0.4 is 15.0 Å². The largest absolute Gasteiger partial charge is 0.479 e. The number of anilines is 1. The lowest BCUT2D eigenvalue weighted by molar-refractivity contribution is -0.125. The monoisotopic (exact) mass is 259 g/mol. The van der Waals surface area contributed by atoms with Crippen molar-refractivity contribution in [1.29, 1.82) is 5.26 Å². The minimum atomic E-state index is -0.532. The quantitative estimate of drug-likeness (QED) is 0.792. The van der Waals surface area contributed by atoms with Crippen LogP contribution in [0.15, 0.2) is 18.2 Å². The molecule has 19 heavy (non-hydrogen) atoms. The van der Waals surface area contributed by atoms with Gasteiger partial charge in [0.15, 0.2) is 6.10 Å². The zero-order valence-electron chi connectivity index (χ0n) is 10.6. The average molecular weight is 259 g/mol. The molecule has 1 aromatic carbocycles. The molecule has 0 saturated carbocycles. The molecule has 6 heteroatoms. The molecule has 1 atom stereocenters. The van der Waals surface area contributed by atoms with E-state index < -0.39 is 6.10 Å². The third kappa shape index (κ3) is 2.36. The first-order chi connectivity index (χ1) is 9.04. The van der Waals surface area contributed by atoms with Gasteiger partial charge in [0.25, 0.3) is 11.8 Å². The van der Waals surface area contributed by atoms with E-state index in [1.54, 1.807) is 32.2 Å². The molecular weight excluding hydrogens is 246 g/mol. The summed E-state index contributed by atoms with van der Waals surface area (Å²) >= 11 is 0. The smallest absolute Gasteiger partial charge is 0.267 e. The van der Waals surface area contributed by atoms with Crippen LogP contribution in [0.25, 0.3) is 0 Å². The number of fused-ring (bicyclic) bond motifs is 1. The molecule has 2 amide bonds. The van der Waals surface area contributed by atoms with Crippen molar-refractivity contribution >= 4 is 17.5 Å². The highest BCUT2D eigenvalue weighted by molar-refractivity contribution is 6.02. The van der Waals surface area contributed by atoms with Crippen LogP contribution in [-0.4, -0.2) is 31.5 Å². The molecule has 1 heterocycles. The lowest BCUT2D eigenvalue weighted by atomic mass is 10.1. The van der Waals surface area contributed by atoms with Crippen LogP contribution in [0.4, 0.5) is 5.69 Å². The van der Waals surface area contributed by atoms with Crippen LogP contribution in [0.3, 0.4) is 0 Å². The molecule has 2 rings (SSSR count). The van der Waals surface area contributed by atoms with Crippen molar-refractivity contribution in [3.63, 3.8) is 0 Å². The Balaban J connectivity index is 2.31. The molecule has 0 bridgehead atoms. The van der Waals surface area contributed by atoms with Gasteiger partial charge in [-0.15, -0.1) is 0 Å². The maximum absolute atomic E-state index is 11.8. The SMILES string of the molecule is CC1Oc2ccc(C(=O)NCC#N)cc2N(C)C1=O. The van der Waals surface area contributed by atoms with E-state index in [2.05, 4.69) is 5.32 Å². The van der Waals surface area contributed by atoms with Gasteiger partial charge in [-0.3, -0.25) is 9.59 Å². The van der Waals surface area contributed by atoms with Crippen molar-refractivity contribution in [2.45, 2.75) is 13.0 Å². The molecule has 1 aliphatic rings. The normalized spacial score (nSPS) is 17.2. The Kier molecular flexibility index (Phi) is 3.38. The minimum Gasteiger partial charge on any atom is -0.479 e. The van der Waals surface area contributed by atoms with E-state index in [0.717, 1.165) is 0 Å². The number of nitriles is 1. The summed E-state index contributed by atoms with van der Waals surface area (Å²) in [5.41, 5.74) is 0.930. The number of carbonyl (C=O) groups is 2. The third-order valence-corrected chi connectivity index (χ3v) is 2.89. The maximum Gasteiger partial charge on any atom is 0.267 e. The van der Waals surface area contributed by atoms with E-state index in [9.17, 15) is 9.59 Å². The predicted molar refractivity (Wildman–Crippen MR) is 67.9 cm³/mol. The van der Waals surface area contributed by atoms with Gasteiger partial charge in [-0.2, -0.15) is 5.26 Å². The van der Waals surface area contributed by atoms with Crippen molar-refractivity contribution in [1.82, 2.24) is 5.32 Å². The number of ether oxygens (including phenoxy) is 1. The van der Waals surface area contributed by atoms with Crippen LogP contribution in [0.1, 0.15) is 17.3 Å². The molecule has 98 valence electrons. The van der Waals surface area contributed by atoms with Crippen LogP contribution in [-0.2, 0) is 4.79 Å². The van der Waals surface area contributed by atoms with E-state index in [0.29, 0.717) is 17.0 Å². The Morgan fingerprint density at radius 1 is 1.58 bits per heavy atom. The molecule has 0 spiro atoms. The maximum atomic E-state index is 11.8. The Bertz CT molecular complexity index is 577. The number of carbonyl (C=O) groups excluding carboxylic acids is 2. The summed E-state index contributed by atoms with van der Waals surface area (Å²) in [5, 5.41) is 10.9. The van der Waals surface area contributed by atoms with Crippen LogP contribution in [0.5, 0.6) is 5.75 Å². The van der Waals surface area contributed by atoms with E-state index in [-0.39, 0.29) is 18.4 Å². The molecule has 0 fully saturated rings. The summed E-state index contributed by atoms with van der Waals surface area (Å²) < 4.78 is 5.46. The van der Waals surface area contributed by atoms with Gasteiger partial charge < -0.3 is 15.0 Å². The average Bonchev–Trinajstić information content (AvgIpc) is 2.42. The standard InChI is InChI=1S/C13H13N3O3/c1-8-13(18)16(2)10-7-9(3-4-11(10)19-8)12(17)15-6-5-14/h3-4,7-8H,6H2,1-2H3,(H,15,17). The second kappa shape index (κ2) is 4.98. The van der Waals surface area contributed by atoms with Gasteiger partial charge in [-0.05, 0) is 25.1 Å². The fraction of sp³-hybridized carbons (Fsp3) is 0.308. The number of nitrogens with zero attached hydrogens (tertiary/aromatic N) is 2. The number of nitrogens with one attached hydrogen (secondary N) is 1. The molecule has 1 aliphatic heterocycles. The van der Waals surface area contributed by atoms with E-state index in [4.69, 9.17) is 10.00 Å². The lowest BCUT2D eigenvalue weighted by Crippen LogP contribution is -2.42. The Labute approximate surface area is 110 Å². The summed E-state index contributed by atoms with van der Waals surface area (Å²) in [6, 6.07) is 6.65. The fourth-order valence-electron chi connectivity index (χ4n) is 1.87. The van der Waals surface area contributed by atoms with E-state index >= 15 is 0 Å². The Morgan fingerprint density at radius 2 is 2.32 bits per heavy atom. The number of likely N-dealkylation sites (N-methyl/N-ethyl adjacent to an activating group) is 1. The summed E-state index contributed by atoms with van der Waals surface area (Å²) in [5.74, 6) is 0.0392. The number of hydrogen-bond donors (Lipinski definition) is 1. The predicted octanol–water partition coefficient (Wildman–Crippen LogP) is 0.684.